The van der Waals surface area contributed by atoms with Crippen LogP contribution in [0.1, 0.15) is 35.1 Å². The zero-order chi connectivity index (χ0) is 21.7. The van der Waals surface area contributed by atoms with Crippen molar-refractivity contribution in [1.29, 1.82) is 0 Å². The van der Waals surface area contributed by atoms with Gasteiger partial charge in [0, 0.05) is 18.4 Å². The van der Waals surface area contributed by atoms with E-state index in [9.17, 15) is 14.4 Å². The van der Waals surface area contributed by atoms with E-state index in [4.69, 9.17) is 0 Å². The van der Waals surface area contributed by atoms with Crippen LogP contribution in [0.15, 0.2) is 36.4 Å². The molecule has 0 saturated carbocycles. The zero-order valence-corrected chi connectivity index (χ0v) is 18.0. The van der Waals surface area contributed by atoms with Gasteiger partial charge in [0.2, 0.25) is 17.4 Å². The maximum absolute atomic E-state index is 14.0. The fourth-order valence-electron chi connectivity index (χ4n) is 6.87. The summed E-state index contributed by atoms with van der Waals surface area (Å²) in [6.45, 7) is 6.74. The summed E-state index contributed by atoms with van der Waals surface area (Å²) < 4.78 is 0. The molecule has 4 aliphatic heterocycles. The van der Waals surface area contributed by atoms with Crippen LogP contribution in [-0.2, 0) is 19.9 Å². The molecule has 6 heteroatoms. The van der Waals surface area contributed by atoms with Crippen molar-refractivity contribution in [3.05, 3.63) is 58.7 Å². The number of imide groups is 1. The quantitative estimate of drug-likeness (QED) is 0.695. The number of carbonyl (C=O) groups excluding carboxylic acids is 3. The van der Waals surface area contributed by atoms with Gasteiger partial charge in [0.25, 0.3) is 5.91 Å². The summed E-state index contributed by atoms with van der Waals surface area (Å²) >= 11 is 0. The maximum atomic E-state index is 14.0. The fraction of sp³-hybridized carbons (Fsp3) is 0.400. The highest BCUT2D eigenvalue weighted by atomic mass is 16.2. The summed E-state index contributed by atoms with van der Waals surface area (Å²) in [4.78, 5) is 43.9. The van der Waals surface area contributed by atoms with E-state index in [1.165, 1.54) is 4.90 Å². The number of nitrogens with zero attached hydrogens (tertiary/aromatic N) is 1. The third kappa shape index (κ3) is 2.13. The Morgan fingerprint density at radius 3 is 2.52 bits per heavy atom. The van der Waals surface area contributed by atoms with Gasteiger partial charge in [-0.05, 0) is 44.5 Å². The van der Waals surface area contributed by atoms with Crippen LogP contribution in [0, 0.1) is 32.6 Å². The second kappa shape index (κ2) is 6.04. The third-order valence-corrected chi connectivity index (χ3v) is 7.97. The van der Waals surface area contributed by atoms with E-state index in [0.29, 0.717) is 5.69 Å². The molecule has 0 aromatic heterocycles. The van der Waals surface area contributed by atoms with Gasteiger partial charge in [-0.15, -0.1) is 0 Å². The second-order valence-corrected chi connectivity index (χ2v) is 9.64. The predicted molar refractivity (Wildman–Crippen MR) is 116 cm³/mol. The second-order valence-electron chi connectivity index (χ2n) is 9.64. The van der Waals surface area contributed by atoms with Gasteiger partial charge in [0.1, 0.15) is 17.9 Å². The molecule has 6 nitrogen and oxygen atoms in total. The highest BCUT2D eigenvalue weighted by Crippen LogP contribution is 2.52. The number of hydrogen-bond acceptors (Lipinski definition) is 3. The molecule has 5 atom stereocenters. The van der Waals surface area contributed by atoms with E-state index in [1.807, 2.05) is 57.2 Å². The van der Waals surface area contributed by atoms with Gasteiger partial charge in [0.05, 0.1) is 17.9 Å². The topological polar surface area (TPSA) is 70.9 Å². The van der Waals surface area contributed by atoms with Crippen molar-refractivity contribution in [3.63, 3.8) is 0 Å². The standard InChI is InChI=1S/C25H25N3O3/c1-13-7-9-18(15(3)11-13)28-22(29)20-19-5-4-10-27(19)25(21(20)23(28)30)16-12-14(2)6-8-17(16)26-24(25)31/h6-9,11-12,19-21H,4-5,10H2,1-3H3,(H,26,31)/p+1/t19-,20+,21-,25+/m0/s1. The van der Waals surface area contributed by atoms with Crippen molar-refractivity contribution in [3.8, 4) is 0 Å². The molecule has 6 rings (SSSR count). The first-order chi connectivity index (χ1) is 14.9. The van der Waals surface area contributed by atoms with Gasteiger partial charge in [-0.2, -0.15) is 0 Å². The Labute approximate surface area is 181 Å². The van der Waals surface area contributed by atoms with Crippen molar-refractivity contribution < 1.29 is 19.3 Å². The monoisotopic (exact) mass is 416 g/mol. The Kier molecular flexibility index (Phi) is 3.65. The Balaban J connectivity index is 1.57. The van der Waals surface area contributed by atoms with E-state index < -0.39 is 17.4 Å². The average molecular weight is 417 g/mol. The first kappa shape index (κ1) is 18.8. The van der Waals surface area contributed by atoms with Gasteiger partial charge in [-0.1, -0.05) is 29.3 Å². The molecular formula is C25H26N3O3+. The average Bonchev–Trinajstić information content (AvgIpc) is 3.42. The molecular weight excluding hydrogens is 390 g/mol. The van der Waals surface area contributed by atoms with E-state index >= 15 is 0 Å². The molecule has 0 bridgehead atoms. The number of nitrogens with one attached hydrogen (secondary N) is 2. The lowest BCUT2D eigenvalue weighted by Gasteiger charge is -2.33. The Hall–Kier alpha value is -2.99. The van der Waals surface area contributed by atoms with Crippen LogP contribution in [0.4, 0.5) is 11.4 Å². The molecule has 1 spiro atoms. The maximum Gasteiger partial charge on any atom is 0.291 e. The highest BCUT2D eigenvalue weighted by Gasteiger charge is 2.78. The van der Waals surface area contributed by atoms with E-state index in [1.54, 1.807) is 0 Å². The SMILES string of the molecule is Cc1ccc(N2C(=O)[C@H]3[C@@H](C2=O)[C@]2(C(=O)Nc4ccc(C)cc42)[NH+]2CCC[C@@H]32)c(C)c1. The fourth-order valence-corrected chi connectivity index (χ4v) is 6.87. The number of anilines is 2. The predicted octanol–water partition coefficient (Wildman–Crippen LogP) is 1.63. The first-order valence-electron chi connectivity index (χ1n) is 11.1. The van der Waals surface area contributed by atoms with E-state index in [0.717, 1.165) is 52.2 Å². The number of aryl methyl sites for hydroxylation is 3. The van der Waals surface area contributed by atoms with Gasteiger partial charge >= 0.3 is 0 Å². The van der Waals surface area contributed by atoms with Crippen LogP contribution in [0.25, 0.3) is 0 Å². The number of benzene rings is 2. The molecule has 0 aliphatic carbocycles. The number of fused-ring (bicyclic) bond motifs is 7. The molecule has 2 aromatic rings. The molecule has 2 N–H and O–H groups in total. The first-order valence-corrected chi connectivity index (χ1v) is 11.1. The van der Waals surface area contributed by atoms with Gasteiger partial charge in [-0.3, -0.25) is 14.4 Å². The highest BCUT2D eigenvalue weighted by molar-refractivity contribution is 6.25. The van der Waals surface area contributed by atoms with Crippen LogP contribution in [0.2, 0.25) is 0 Å². The Bertz CT molecular complexity index is 1190. The summed E-state index contributed by atoms with van der Waals surface area (Å²) in [6.07, 6.45) is 1.83. The lowest BCUT2D eigenvalue weighted by Crippen LogP contribution is -3.19. The molecule has 31 heavy (non-hydrogen) atoms. The van der Waals surface area contributed by atoms with Crippen molar-refractivity contribution in [2.75, 3.05) is 16.8 Å². The minimum Gasteiger partial charge on any atom is -0.320 e. The summed E-state index contributed by atoms with van der Waals surface area (Å²) in [5.41, 5.74) is 4.33. The molecule has 3 amide bonds. The minimum absolute atomic E-state index is 0.00517. The summed E-state index contributed by atoms with van der Waals surface area (Å²) in [7, 11) is 0. The van der Waals surface area contributed by atoms with Crippen LogP contribution in [0.3, 0.4) is 0 Å². The smallest absolute Gasteiger partial charge is 0.291 e. The number of quaternary nitrogens is 1. The van der Waals surface area contributed by atoms with Crippen molar-refractivity contribution in [1.82, 2.24) is 0 Å². The van der Waals surface area contributed by atoms with Gasteiger partial charge in [0.15, 0.2) is 0 Å². The van der Waals surface area contributed by atoms with Crippen molar-refractivity contribution in [2.45, 2.75) is 45.2 Å². The van der Waals surface area contributed by atoms with Crippen LogP contribution >= 0.6 is 0 Å². The third-order valence-electron chi connectivity index (χ3n) is 7.97. The summed E-state index contributed by atoms with van der Waals surface area (Å²) in [5, 5.41) is 3.05. The van der Waals surface area contributed by atoms with E-state index in [-0.39, 0.29) is 23.8 Å². The Morgan fingerprint density at radius 2 is 1.74 bits per heavy atom. The Morgan fingerprint density at radius 1 is 1.00 bits per heavy atom. The minimum atomic E-state index is -1.02. The molecule has 3 saturated heterocycles. The molecule has 158 valence electrons. The number of carbonyl (C=O) groups is 3. The van der Waals surface area contributed by atoms with Crippen LogP contribution in [0.5, 0.6) is 0 Å². The largest absolute Gasteiger partial charge is 0.320 e. The number of hydrogen-bond donors (Lipinski definition) is 2. The molecule has 4 aliphatic rings. The number of amides is 3. The summed E-state index contributed by atoms with van der Waals surface area (Å²) in [6, 6.07) is 11.7. The molecule has 2 aromatic carbocycles. The van der Waals surface area contributed by atoms with Gasteiger partial charge < -0.3 is 10.2 Å². The molecule has 4 heterocycles. The van der Waals surface area contributed by atoms with Crippen molar-refractivity contribution in [2.24, 2.45) is 11.8 Å². The number of rotatable bonds is 1. The van der Waals surface area contributed by atoms with E-state index in [2.05, 4.69) is 5.32 Å². The molecule has 1 unspecified atom stereocenters. The van der Waals surface area contributed by atoms with Gasteiger partial charge in [-0.25, -0.2) is 4.90 Å². The summed E-state index contributed by atoms with van der Waals surface area (Å²) in [5.74, 6) is -1.62. The lowest BCUT2D eigenvalue weighted by molar-refractivity contribution is -0.948. The van der Waals surface area contributed by atoms with Crippen LogP contribution in [-0.4, -0.2) is 30.3 Å². The zero-order valence-electron chi connectivity index (χ0n) is 18.0. The van der Waals surface area contributed by atoms with Crippen LogP contribution < -0.4 is 15.1 Å². The molecule has 3 fully saturated rings. The lowest BCUT2D eigenvalue weighted by atomic mass is 9.75. The molecule has 0 radical (unpaired) electrons. The van der Waals surface area contributed by atoms with Crippen molar-refractivity contribution >= 4 is 29.1 Å². The normalized spacial score (nSPS) is 33.1.